The monoisotopic (exact) mass is 253 g/mol. The van der Waals surface area contributed by atoms with E-state index in [-0.39, 0.29) is 0 Å². The third-order valence-corrected chi connectivity index (χ3v) is 3.55. The molecule has 0 aromatic carbocycles. The zero-order valence-corrected chi connectivity index (χ0v) is 11.3. The SMILES string of the molecule is COCCNCc1cn(C2CCCC2OC)cn1. The second kappa shape index (κ2) is 6.87. The molecule has 1 heterocycles. The first-order valence-electron chi connectivity index (χ1n) is 6.60. The zero-order valence-electron chi connectivity index (χ0n) is 11.3. The maximum atomic E-state index is 5.52. The standard InChI is InChI=1S/C13H23N3O2/c1-17-7-6-14-8-11-9-16(10-15-11)12-4-3-5-13(12)18-2/h9-10,12-14H,3-8H2,1-2H3. The van der Waals surface area contributed by atoms with Crippen LogP contribution in [0.3, 0.4) is 0 Å². The number of methoxy groups -OCH3 is 2. The Balaban J connectivity index is 1.85. The molecule has 1 saturated carbocycles. The smallest absolute Gasteiger partial charge is 0.0953 e. The highest BCUT2D eigenvalue weighted by atomic mass is 16.5. The summed E-state index contributed by atoms with van der Waals surface area (Å²) in [5.74, 6) is 0. The number of ether oxygens (including phenoxy) is 2. The van der Waals surface area contributed by atoms with Crippen LogP contribution in [0, 0.1) is 0 Å². The van der Waals surface area contributed by atoms with Crippen molar-refractivity contribution in [2.45, 2.75) is 38.0 Å². The fourth-order valence-corrected chi connectivity index (χ4v) is 2.57. The van der Waals surface area contributed by atoms with Gasteiger partial charge in [-0.25, -0.2) is 4.98 Å². The molecule has 0 bridgehead atoms. The van der Waals surface area contributed by atoms with Gasteiger partial charge in [0.05, 0.1) is 30.8 Å². The van der Waals surface area contributed by atoms with Gasteiger partial charge >= 0.3 is 0 Å². The van der Waals surface area contributed by atoms with Crippen molar-refractivity contribution in [1.82, 2.24) is 14.9 Å². The van der Waals surface area contributed by atoms with E-state index in [0.717, 1.165) is 31.8 Å². The number of hydrogen-bond acceptors (Lipinski definition) is 4. The Morgan fingerprint density at radius 2 is 2.33 bits per heavy atom. The lowest BCUT2D eigenvalue weighted by Gasteiger charge is -2.19. The highest BCUT2D eigenvalue weighted by molar-refractivity contribution is 5.00. The molecule has 1 aliphatic rings. The molecule has 0 saturated heterocycles. The van der Waals surface area contributed by atoms with Gasteiger partial charge in [-0.1, -0.05) is 0 Å². The van der Waals surface area contributed by atoms with Crippen LogP contribution in [0.15, 0.2) is 12.5 Å². The molecule has 0 amide bonds. The van der Waals surface area contributed by atoms with Crippen LogP contribution in [0.2, 0.25) is 0 Å². The summed E-state index contributed by atoms with van der Waals surface area (Å²) < 4.78 is 12.7. The van der Waals surface area contributed by atoms with E-state index in [9.17, 15) is 0 Å². The lowest BCUT2D eigenvalue weighted by Crippen LogP contribution is -2.20. The summed E-state index contributed by atoms with van der Waals surface area (Å²) in [6.07, 6.45) is 7.97. The summed E-state index contributed by atoms with van der Waals surface area (Å²) in [4.78, 5) is 4.43. The Bertz CT molecular complexity index is 354. The molecule has 0 radical (unpaired) electrons. The molecule has 5 nitrogen and oxygen atoms in total. The van der Waals surface area contributed by atoms with Crippen LogP contribution in [0.5, 0.6) is 0 Å². The van der Waals surface area contributed by atoms with Gasteiger partial charge < -0.3 is 19.4 Å². The molecule has 2 unspecified atom stereocenters. The second-order valence-electron chi connectivity index (χ2n) is 4.75. The van der Waals surface area contributed by atoms with Crippen molar-refractivity contribution in [3.63, 3.8) is 0 Å². The van der Waals surface area contributed by atoms with Crippen molar-refractivity contribution < 1.29 is 9.47 Å². The van der Waals surface area contributed by atoms with E-state index in [1.165, 1.54) is 12.8 Å². The van der Waals surface area contributed by atoms with Gasteiger partial charge in [0.1, 0.15) is 0 Å². The third kappa shape index (κ3) is 3.31. The number of imidazole rings is 1. The van der Waals surface area contributed by atoms with Gasteiger partial charge in [-0.2, -0.15) is 0 Å². The van der Waals surface area contributed by atoms with E-state index in [1.54, 1.807) is 14.2 Å². The van der Waals surface area contributed by atoms with Crippen LogP contribution in [0.4, 0.5) is 0 Å². The molecule has 1 fully saturated rings. The molecule has 0 aliphatic heterocycles. The van der Waals surface area contributed by atoms with Crippen molar-refractivity contribution in [1.29, 1.82) is 0 Å². The summed E-state index contributed by atoms with van der Waals surface area (Å²) in [6.45, 7) is 2.38. The molecular formula is C13H23N3O2. The third-order valence-electron chi connectivity index (χ3n) is 3.55. The Morgan fingerprint density at radius 3 is 3.11 bits per heavy atom. The second-order valence-corrected chi connectivity index (χ2v) is 4.75. The van der Waals surface area contributed by atoms with Gasteiger partial charge in [0.2, 0.25) is 0 Å². The number of nitrogens with zero attached hydrogens (tertiary/aromatic N) is 2. The van der Waals surface area contributed by atoms with Crippen LogP contribution in [-0.4, -0.2) is 43.0 Å². The van der Waals surface area contributed by atoms with E-state index in [1.807, 2.05) is 6.33 Å². The van der Waals surface area contributed by atoms with Crippen molar-refractivity contribution in [2.24, 2.45) is 0 Å². The quantitative estimate of drug-likeness (QED) is 0.745. The van der Waals surface area contributed by atoms with E-state index in [2.05, 4.69) is 21.1 Å². The summed E-state index contributed by atoms with van der Waals surface area (Å²) in [5.41, 5.74) is 1.08. The van der Waals surface area contributed by atoms with E-state index in [0.29, 0.717) is 12.1 Å². The van der Waals surface area contributed by atoms with Crippen molar-refractivity contribution >= 4 is 0 Å². The molecule has 18 heavy (non-hydrogen) atoms. The number of rotatable bonds is 7. The first-order chi connectivity index (χ1) is 8.85. The lowest BCUT2D eigenvalue weighted by atomic mass is 10.2. The topological polar surface area (TPSA) is 48.3 Å². The fraction of sp³-hybridized carbons (Fsp3) is 0.769. The number of hydrogen-bond donors (Lipinski definition) is 1. The minimum Gasteiger partial charge on any atom is -0.383 e. The van der Waals surface area contributed by atoms with E-state index < -0.39 is 0 Å². The molecule has 1 aliphatic carbocycles. The summed E-state index contributed by atoms with van der Waals surface area (Å²) in [6, 6.07) is 0.454. The molecule has 2 rings (SSSR count). The maximum Gasteiger partial charge on any atom is 0.0953 e. The predicted octanol–water partition coefficient (Wildman–Crippen LogP) is 1.36. The Kier molecular flexibility index (Phi) is 5.16. The minimum atomic E-state index is 0.341. The zero-order chi connectivity index (χ0) is 12.8. The predicted molar refractivity (Wildman–Crippen MR) is 69.5 cm³/mol. The minimum absolute atomic E-state index is 0.341. The Labute approximate surface area is 108 Å². The molecule has 1 N–H and O–H groups in total. The summed E-state index contributed by atoms with van der Waals surface area (Å²) in [7, 11) is 3.51. The van der Waals surface area contributed by atoms with E-state index >= 15 is 0 Å². The lowest BCUT2D eigenvalue weighted by molar-refractivity contribution is 0.0749. The van der Waals surface area contributed by atoms with Crippen molar-refractivity contribution in [2.75, 3.05) is 27.4 Å². The summed E-state index contributed by atoms with van der Waals surface area (Å²) in [5, 5.41) is 3.30. The highest BCUT2D eigenvalue weighted by Crippen LogP contribution is 2.31. The van der Waals surface area contributed by atoms with Gasteiger partial charge in [-0.3, -0.25) is 0 Å². The maximum absolute atomic E-state index is 5.52. The number of aromatic nitrogens is 2. The van der Waals surface area contributed by atoms with Crippen LogP contribution < -0.4 is 5.32 Å². The van der Waals surface area contributed by atoms with Gasteiger partial charge in [-0.15, -0.1) is 0 Å². The Morgan fingerprint density at radius 1 is 1.44 bits per heavy atom. The van der Waals surface area contributed by atoms with Crippen LogP contribution in [0.25, 0.3) is 0 Å². The van der Waals surface area contributed by atoms with Crippen molar-refractivity contribution in [3.05, 3.63) is 18.2 Å². The average molecular weight is 253 g/mol. The van der Waals surface area contributed by atoms with Gasteiger partial charge in [0.25, 0.3) is 0 Å². The van der Waals surface area contributed by atoms with Gasteiger partial charge in [0.15, 0.2) is 0 Å². The van der Waals surface area contributed by atoms with Crippen molar-refractivity contribution in [3.8, 4) is 0 Å². The Hall–Kier alpha value is -0.910. The molecule has 1 aromatic rings. The molecule has 102 valence electrons. The molecule has 0 spiro atoms. The summed E-state index contributed by atoms with van der Waals surface area (Å²) >= 11 is 0. The normalized spacial score (nSPS) is 23.7. The first-order valence-corrected chi connectivity index (χ1v) is 6.60. The largest absolute Gasteiger partial charge is 0.383 e. The molecule has 1 aromatic heterocycles. The van der Waals surface area contributed by atoms with Crippen LogP contribution in [-0.2, 0) is 16.0 Å². The highest BCUT2D eigenvalue weighted by Gasteiger charge is 2.28. The number of nitrogens with one attached hydrogen (secondary N) is 1. The van der Waals surface area contributed by atoms with Gasteiger partial charge in [0, 0.05) is 33.5 Å². The van der Waals surface area contributed by atoms with Crippen LogP contribution >= 0.6 is 0 Å². The first kappa shape index (κ1) is 13.5. The molecule has 2 atom stereocenters. The fourth-order valence-electron chi connectivity index (χ4n) is 2.57. The van der Waals surface area contributed by atoms with Gasteiger partial charge in [-0.05, 0) is 19.3 Å². The molecular weight excluding hydrogens is 230 g/mol. The van der Waals surface area contributed by atoms with E-state index in [4.69, 9.17) is 9.47 Å². The van der Waals surface area contributed by atoms with Crippen LogP contribution in [0.1, 0.15) is 31.0 Å². The average Bonchev–Trinajstić information content (AvgIpc) is 3.02. The molecule has 5 heteroatoms.